The van der Waals surface area contributed by atoms with Crippen LogP contribution in [0.25, 0.3) is 11.3 Å². The van der Waals surface area contributed by atoms with Crippen molar-refractivity contribution in [2.75, 3.05) is 10.6 Å². The number of hydrogen-bond donors (Lipinski definition) is 2. The van der Waals surface area contributed by atoms with Crippen LogP contribution in [0.3, 0.4) is 0 Å². The van der Waals surface area contributed by atoms with Gasteiger partial charge in [0.2, 0.25) is 5.95 Å². The summed E-state index contributed by atoms with van der Waals surface area (Å²) in [7, 11) is 0. The van der Waals surface area contributed by atoms with E-state index in [1.54, 1.807) is 30.3 Å². The minimum Gasteiger partial charge on any atom is -0.406 e. The van der Waals surface area contributed by atoms with E-state index in [4.69, 9.17) is 23.2 Å². The van der Waals surface area contributed by atoms with Gasteiger partial charge in [0.15, 0.2) is 0 Å². The Balaban J connectivity index is 1.68. The molecule has 0 bridgehead atoms. The highest BCUT2D eigenvalue weighted by molar-refractivity contribution is 6.35. The average Bonchev–Trinajstić information content (AvgIpc) is 2.72. The standard InChI is InChI=1S/C23H21Cl2F3N4O/c24-15-10-16(25)12-18(11-15)29-21-13-20(14-5-4-8-19(9-14)33-23(26,27)28)31-22(32-21)30-17-6-2-1-3-7-17/h4-5,8-13,17H,1-3,6-7H2,(H2,29,30,31,32). The van der Waals surface area contributed by atoms with Crippen LogP contribution in [0.2, 0.25) is 10.0 Å². The summed E-state index contributed by atoms with van der Waals surface area (Å²) in [5.74, 6) is 0.507. The number of aromatic nitrogens is 2. The van der Waals surface area contributed by atoms with Crippen molar-refractivity contribution in [3.8, 4) is 17.0 Å². The summed E-state index contributed by atoms with van der Waals surface area (Å²) in [5, 5.41) is 7.43. The Morgan fingerprint density at radius 1 is 0.909 bits per heavy atom. The second-order valence-electron chi connectivity index (χ2n) is 7.80. The van der Waals surface area contributed by atoms with Gasteiger partial charge in [-0.3, -0.25) is 0 Å². The zero-order valence-electron chi connectivity index (χ0n) is 17.4. The van der Waals surface area contributed by atoms with Crippen LogP contribution in [-0.2, 0) is 0 Å². The van der Waals surface area contributed by atoms with Crippen molar-refractivity contribution in [1.82, 2.24) is 9.97 Å². The molecule has 4 rings (SSSR count). The fourth-order valence-electron chi connectivity index (χ4n) is 3.78. The maximum Gasteiger partial charge on any atom is 0.573 e. The molecule has 1 aromatic heterocycles. The second kappa shape index (κ2) is 10.1. The van der Waals surface area contributed by atoms with Crippen LogP contribution in [0.15, 0.2) is 48.5 Å². The summed E-state index contributed by atoms with van der Waals surface area (Å²) in [4.78, 5) is 9.12. The quantitative estimate of drug-likeness (QED) is 0.363. The summed E-state index contributed by atoms with van der Waals surface area (Å²) >= 11 is 12.2. The number of ether oxygens (including phenoxy) is 1. The van der Waals surface area contributed by atoms with E-state index in [2.05, 4.69) is 25.3 Å². The first-order valence-corrected chi connectivity index (χ1v) is 11.2. The number of halogens is 5. The number of nitrogens with zero attached hydrogens (tertiary/aromatic N) is 2. The van der Waals surface area contributed by atoms with Crippen molar-refractivity contribution < 1.29 is 17.9 Å². The van der Waals surface area contributed by atoms with Gasteiger partial charge in [-0.15, -0.1) is 13.2 Å². The van der Waals surface area contributed by atoms with Gasteiger partial charge in [0.1, 0.15) is 11.6 Å². The largest absolute Gasteiger partial charge is 0.573 e. The van der Waals surface area contributed by atoms with E-state index in [-0.39, 0.29) is 11.8 Å². The minimum absolute atomic E-state index is 0.238. The zero-order valence-corrected chi connectivity index (χ0v) is 18.9. The van der Waals surface area contributed by atoms with Crippen molar-refractivity contribution in [3.05, 3.63) is 58.6 Å². The van der Waals surface area contributed by atoms with Gasteiger partial charge in [0.25, 0.3) is 0 Å². The number of nitrogens with one attached hydrogen (secondary N) is 2. The Labute approximate surface area is 199 Å². The topological polar surface area (TPSA) is 59.1 Å². The second-order valence-corrected chi connectivity index (χ2v) is 8.67. The predicted octanol–water partition coefficient (Wildman–Crippen LogP) is 7.84. The molecular formula is C23H21Cl2F3N4O. The van der Waals surface area contributed by atoms with E-state index < -0.39 is 6.36 Å². The smallest absolute Gasteiger partial charge is 0.406 e. The molecule has 3 aromatic rings. The normalized spacial score (nSPS) is 14.7. The van der Waals surface area contributed by atoms with Gasteiger partial charge < -0.3 is 15.4 Å². The van der Waals surface area contributed by atoms with Crippen LogP contribution in [0, 0.1) is 0 Å². The number of rotatable bonds is 6. The molecular weight excluding hydrogens is 476 g/mol. The van der Waals surface area contributed by atoms with Crippen LogP contribution < -0.4 is 15.4 Å². The summed E-state index contributed by atoms with van der Waals surface area (Å²) in [6.45, 7) is 0. The van der Waals surface area contributed by atoms with E-state index in [0.717, 1.165) is 25.7 Å². The fourth-order valence-corrected chi connectivity index (χ4v) is 4.31. The Bertz CT molecular complexity index is 1100. The molecule has 0 amide bonds. The summed E-state index contributed by atoms with van der Waals surface area (Å²) < 4.78 is 42.1. The summed E-state index contributed by atoms with van der Waals surface area (Å²) in [6.07, 6.45) is 0.689. The van der Waals surface area contributed by atoms with Crippen LogP contribution in [0.1, 0.15) is 32.1 Å². The van der Waals surface area contributed by atoms with E-state index in [1.807, 2.05) is 0 Å². The first kappa shape index (κ1) is 23.4. The number of benzene rings is 2. The molecule has 0 unspecified atom stereocenters. The molecule has 1 fully saturated rings. The number of anilines is 3. The van der Waals surface area contributed by atoms with E-state index in [9.17, 15) is 13.2 Å². The molecule has 5 nitrogen and oxygen atoms in total. The molecule has 2 aromatic carbocycles. The molecule has 1 aliphatic carbocycles. The lowest BCUT2D eigenvalue weighted by Crippen LogP contribution is -2.23. The molecule has 2 N–H and O–H groups in total. The molecule has 0 saturated heterocycles. The molecule has 174 valence electrons. The molecule has 1 heterocycles. The van der Waals surface area contributed by atoms with Crippen molar-refractivity contribution in [1.29, 1.82) is 0 Å². The molecule has 0 atom stereocenters. The SMILES string of the molecule is FC(F)(F)Oc1cccc(-c2cc(Nc3cc(Cl)cc(Cl)c3)nc(NC3CCCCC3)n2)c1. The first-order valence-electron chi connectivity index (χ1n) is 10.5. The lowest BCUT2D eigenvalue weighted by molar-refractivity contribution is -0.274. The highest BCUT2D eigenvalue weighted by Crippen LogP contribution is 2.31. The van der Waals surface area contributed by atoms with Gasteiger partial charge in [-0.2, -0.15) is 4.98 Å². The zero-order chi connectivity index (χ0) is 23.4. The Kier molecular flexibility index (Phi) is 7.14. The third kappa shape index (κ3) is 6.88. The van der Waals surface area contributed by atoms with E-state index in [0.29, 0.717) is 38.8 Å². The van der Waals surface area contributed by atoms with Crippen LogP contribution in [0.5, 0.6) is 5.75 Å². The Hall–Kier alpha value is -2.71. The fraction of sp³-hybridized carbons (Fsp3) is 0.304. The summed E-state index contributed by atoms with van der Waals surface area (Å²) in [6, 6.07) is 12.6. The molecule has 1 saturated carbocycles. The van der Waals surface area contributed by atoms with Crippen molar-refractivity contribution in [2.24, 2.45) is 0 Å². The van der Waals surface area contributed by atoms with Crippen molar-refractivity contribution in [3.63, 3.8) is 0 Å². The third-order valence-corrected chi connectivity index (χ3v) is 5.60. The molecule has 10 heteroatoms. The third-order valence-electron chi connectivity index (χ3n) is 5.16. The highest BCUT2D eigenvalue weighted by atomic mass is 35.5. The Morgan fingerprint density at radius 3 is 2.33 bits per heavy atom. The molecule has 0 spiro atoms. The highest BCUT2D eigenvalue weighted by Gasteiger charge is 2.31. The maximum absolute atomic E-state index is 12.7. The van der Waals surface area contributed by atoms with Crippen LogP contribution in [-0.4, -0.2) is 22.4 Å². The van der Waals surface area contributed by atoms with Gasteiger partial charge in [0, 0.05) is 33.4 Å². The molecule has 33 heavy (non-hydrogen) atoms. The maximum atomic E-state index is 12.7. The molecule has 0 radical (unpaired) electrons. The van der Waals surface area contributed by atoms with E-state index >= 15 is 0 Å². The lowest BCUT2D eigenvalue weighted by atomic mass is 9.96. The molecule has 0 aliphatic heterocycles. The van der Waals surface area contributed by atoms with Crippen molar-refractivity contribution >= 4 is 40.7 Å². The lowest BCUT2D eigenvalue weighted by Gasteiger charge is -2.23. The number of alkyl halides is 3. The van der Waals surface area contributed by atoms with Gasteiger partial charge in [-0.25, -0.2) is 4.98 Å². The van der Waals surface area contributed by atoms with Gasteiger partial charge >= 0.3 is 6.36 Å². The predicted molar refractivity (Wildman–Crippen MR) is 124 cm³/mol. The number of hydrogen-bond acceptors (Lipinski definition) is 5. The van der Waals surface area contributed by atoms with Gasteiger partial charge in [-0.05, 0) is 43.2 Å². The van der Waals surface area contributed by atoms with Crippen molar-refractivity contribution in [2.45, 2.75) is 44.5 Å². The monoisotopic (exact) mass is 496 g/mol. The molecule has 1 aliphatic rings. The van der Waals surface area contributed by atoms with Crippen LogP contribution >= 0.6 is 23.2 Å². The first-order chi connectivity index (χ1) is 15.7. The average molecular weight is 497 g/mol. The van der Waals surface area contributed by atoms with Crippen LogP contribution in [0.4, 0.5) is 30.6 Å². The Morgan fingerprint density at radius 2 is 1.64 bits per heavy atom. The van der Waals surface area contributed by atoms with Gasteiger partial charge in [0.05, 0.1) is 5.69 Å². The van der Waals surface area contributed by atoms with E-state index in [1.165, 1.54) is 24.6 Å². The minimum atomic E-state index is -4.78. The van der Waals surface area contributed by atoms with Gasteiger partial charge in [-0.1, -0.05) is 54.6 Å². The summed E-state index contributed by atoms with van der Waals surface area (Å²) in [5.41, 5.74) is 1.51.